The summed E-state index contributed by atoms with van der Waals surface area (Å²) >= 11 is 5.62. The Hall–Kier alpha value is -0.890. The molecule has 2 heterocycles. The van der Waals surface area contributed by atoms with Gasteiger partial charge in [-0.3, -0.25) is 4.79 Å². The molecule has 1 aromatic rings. The summed E-state index contributed by atoms with van der Waals surface area (Å²) in [6.45, 7) is 2.07. The summed E-state index contributed by atoms with van der Waals surface area (Å²) in [5, 5.41) is 2.94. The largest absolute Gasteiger partial charge is 0.326 e. The Kier molecular flexibility index (Phi) is 3.53. The van der Waals surface area contributed by atoms with Gasteiger partial charge in [-0.25, -0.2) is 8.42 Å². The number of aromatic amines is 1. The minimum Gasteiger partial charge on any atom is -0.326 e. The Balaban J connectivity index is 2.36. The lowest BCUT2D eigenvalue weighted by atomic mass is 10.4. The first-order chi connectivity index (χ1) is 8.01. The van der Waals surface area contributed by atoms with E-state index in [-0.39, 0.29) is 9.92 Å². The van der Waals surface area contributed by atoms with Crippen LogP contribution in [0.1, 0.15) is 0 Å². The molecule has 94 valence electrons. The zero-order chi connectivity index (χ0) is 12.5. The van der Waals surface area contributed by atoms with Gasteiger partial charge in [-0.2, -0.15) is 4.31 Å². The average molecular weight is 278 g/mol. The molecule has 0 unspecified atom stereocenters. The number of aromatic nitrogens is 1. The number of piperazine rings is 1. The number of hydrogen-bond acceptors (Lipinski definition) is 4. The second-order valence-electron chi connectivity index (χ2n) is 3.67. The molecule has 1 aliphatic heterocycles. The molecule has 0 saturated carbocycles. The van der Waals surface area contributed by atoms with Crippen LogP contribution in [0.3, 0.4) is 0 Å². The molecular formula is C9H12ClN3O3S. The third-order valence-corrected chi connectivity index (χ3v) is 4.70. The van der Waals surface area contributed by atoms with Crippen LogP contribution in [0.15, 0.2) is 22.0 Å². The average Bonchev–Trinajstić information content (AvgIpc) is 2.33. The molecule has 0 bridgehead atoms. The Labute approximate surface area is 104 Å². The fourth-order valence-electron chi connectivity index (χ4n) is 1.62. The zero-order valence-electron chi connectivity index (χ0n) is 8.94. The van der Waals surface area contributed by atoms with Crippen molar-refractivity contribution in [2.45, 2.75) is 4.90 Å². The van der Waals surface area contributed by atoms with E-state index in [9.17, 15) is 13.2 Å². The number of halogens is 1. The van der Waals surface area contributed by atoms with Crippen molar-refractivity contribution in [3.8, 4) is 0 Å². The van der Waals surface area contributed by atoms with Gasteiger partial charge in [-0.05, 0) is 6.07 Å². The van der Waals surface area contributed by atoms with Gasteiger partial charge in [-0.15, -0.1) is 0 Å². The second-order valence-corrected chi connectivity index (χ2v) is 6.01. The molecule has 0 aliphatic carbocycles. The normalized spacial score (nSPS) is 18.2. The van der Waals surface area contributed by atoms with Crippen molar-refractivity contribution >= 4 is 21.6 Å². The molecule has 8 heteroatoms. The number of hydrogen-bond donors (Lipinski definition) is 2. The molecule has 0 amide bonds. The van der Waals surface area contributed by atoms with Crippen molar-refractivity contribution < 1.29 is 8.42 Å². The Morgan fingerprint density at radius 1 is 1.29 bits per heavy atom. The van der Waals surface area contributed by atoms with E-state index in [0.717, 1.165) is 0 Å². The highest BCUT2D eigenvalue weighted by Crippen LogP contribution is 2.16. The Bertz CT molecular complexity index is 563. The van der Waals surface area contributed by atoms with Crippen LogP contribution < -0.4 is 10.9 Å². The van der Waals surface area contributed by atoms with E-state index in [0.29, 0.717) is 26.2 Å². The molecule has 0 spiro atoms. The number of rotatable bonds is 2. The van der Waals surface area contributed by atoms with Gasteiger partial charge in [0.1, 0.15) is 5.02 Å². The van der Waals surface area contributed by atoms with E-state index in [1.807, 2.05) is 0 Å². The van der Waals surface area contributed by atoms with Crippen molar-refractivity contribution in [3.05, 3.63) is 27.6 Å². The van der Waals surface area contributed by atoms with Crippen LogP contribution in [0.25, 0.3) is 0 Å². The molecule has 0 aromatic carbocycles. The predicted octanol–water partition coefficient (Wildman–Crippen LogP) is -0.378. The Morgan fingerprint density at radius 2 is 1.94 bits per heavy atom. The van der Waals surface area contributed by atoms with Crippen molar-refractivity contribution in [2.75, 3.05) is 26.2 Å². The van der Waals surface area contributed by atoms with Gasteiger partial charge in [0.25, 0.3) is 5.56 Å². The minimum absolute atomic E-state index is 0.0176. The molecule has 2 rings (SSSR count). The molecular weight excluding hydrogens is 266 g/mol. The third-order valence-electron chi connectivity index (χ3n) is 2.55. The van der Waals surface area contributed by atoms with Crippen LogP contribution >= 0.6 is 11.6 Å². The van der Waals surface area contributed by atoms with Crippen molar-refractivity contribution in [1.29, 1.82) is 0 Å². The van der Waals surface area contributed by atoms with Crippen molar-refractivity contribution in [3.63, 3.8) is 0 Å². The predicted molar refractivity (Wildman–Crippen MR) is 63.7 cm³/mol. The van der Waals surface area contributed by atoms with E-state index in [1.54, 1.807) is 0 Å². The summed E-state index contributed by atoms with van der Waals surface area (Å²) < 4.78 is 25.7. The van der Waals surface area contributed by atoms with Crippen LogP contribution in [0, 0.1) is 0 Å². The number of sulfonamides is 1. The van der Waals surface area contributed by atoms with Gasteiger partial charge in [-0.1, -0.05) is 11.6 Å². The molecule has 6 nitrogen and oxygen atoms in total. The Morgan fingerprint density at radius 3 is 2.53 bits per heavy atom. The zero-order valence-corrected chi connectivity index (χ0v) is 10.5. The first-order valence-electron chi connectivity index (χ1n) is 5.11. The fraction of sp³-hybridized carbons (Fsp3) is 0.444. The molecule has 0 radical (unpaired) electrons. The minimum atomic E-state index is -3.56. The first-order valence-corrected chi connectivity index (χ1v) is 6.93. The molecule has 1 aliphatic rings. The quantitative estimate of drug-likeness (QED) is 0.772. The van der Waals surface area contributed by atoms with E-state index in [4.69, 9.17) is 11.6 Å². The number of nitrogens with one attached hydrogen (secondary N) is 2. The van der Waals surface area contributed by atoms with E-state index < -0.39 is 15.6 Å². The maximum Gasteiger partial charge on any atom is 0.266 e. The topological polar surface area (TPSA) is 82.3 Å². The van der Waals surface area contributed by atoms with Gasteiger partial charge in [0.2, 0.25) is 10.0 Å². The number of H-pyrrole nitrogens is 1. The van der Waals surface area contributed by atoms with Crippen LogP contribution in [-0.4, -0.2) is 43.9 Å². The first kappa shape index (κ1) is 12.6. The van der Waals surface area contributed by atoms with Crippen LogP contribution in [0.2, 0.25) is 5.02 Å². The van der Waals surface area contributed by atoms with Crippen LogP contribution in [-0.2, 0) is 10.0 Å². The van der Waals surface area contributed by atoms with Gasteiger partial charge >= 0.3 is 0 Å². The molecule has 0 atom stereocenters. The smallest absolute Gasteiger partial charge is 0.266 e. The molecule has 1 fully saturated rings. The van der Waals surface area contributed by atoms with Gasteiger partial charge in [0.05, 0.1) is 4.90 Å². The maximum atomic E-state index is 12.2. The third kappa shape index (κ3) is 2.52. The molecule has 1 saturated heterocycles. The highest BCUT2D eigenvalue weighted by Gasteiger charge is 2.26. The number of nitrogens with zero attached hydrogens (tertiary/aromatic N) is 1. The summed E-state index contributed by atoms with van der Waals surface area (Å²) in [6.07, 6.45) is 1.17. The SMILES string of the molecule is O=c1[nH]cc(S(=O)(=O)N2CCNCC2)cc1Cl. The maximum absolute atomic E-state index is 12.2. The van der Waals surface area contributed by atoms with Gasteiger partial charge < -0.3 is 10.3 Å². The summed E-state index contributed by atoms with van der Waals surface area (Å²) in [6, 6.07) is 1.18. The highest BCUT2D eigenvalue weighted by atomic mass is 35.5. The summed E-state index contributed by atoms with van der Waals surface area (Å²) in [5.41, 5.74) is -0.495. The van der Waals surface area contributed by atoms with Crippen molar-refractivity contribution in [1.82, 2.24) is 14.6 Å². The monoisotopic (exact) mass is 277 g/mol. The lowest BCUT2D eigenvalue weighted by Crippen LogP contribution is -2.46. The van der Waals surface area contributed by atoms with Crippen LogP contribution in [0.4, 0.5) is 0 Å². The lowest BCUT2D eigenvalue weighted by molar-refractivity contribution is 0.360. The van der Waals surface area contributed by atoms with Gasteiger partial charge in [0.15, 0.2) is 0 Å². The summed E-state index contributed by atoms with van der Waals surface area (Å²) in [5.74, 6) is 0. The van der Waals surface area contributed by atoms with E-state index in [2.05, 4.69) is 10.3 Å². The number of pyridine rings is 1. The molecule has 17 heavy (non-hydrogen) atoms. The van der Waals surface area contributed by atoms with E-state index >= 15 is 0 Å². The second kappa shape index (κ2) is 4.77. The van der Waals surface area contributed by atoms with Crippen molar-refractivity contribution in [2.24, 2.45) is 0 Å². The highest BCUT2D eigenvalue weighted by molar-refractivity contribution is 7.89. The van der Waals surface area contributed by atoms with Gasteiger partial charge in [0, 0.05) is 32.4 Å². The molecule has 1 aromatic heterocycles. The van der Waals surface area contributed by atoms with Crippen LogP contribution in [0.5, 0.6) is 0 Å². The fourth-order valence-corrected chi connectivity index (χ4v) is 3.29. The summed E-state index contributed by atoms with van der Waals surface area (Å²) in [4.78, 5) is 13.4. The lowest BCUT2D eigenvalue weighted by Gasteiger charge is -2.26. The summed E-state index contributed by atoms with van der Waals surface area (Å²) in [7, 11) is -3.56. The standard InChI is InChI=1S/C9H12ClN3O3S/c10-8-5-7(6-12-9(8)14)17(15,16)13-3-1-11-2-4-13/h5-6,11H,1-4H2,(H,12,14). The van der Waals surface area contributed by atoms with E-state index in [1.165, 1.54) is 16.6 Å². The molecule has 2 N–H and O–H groups in total.